The zero-order valence-electron chi connectivity index (χ0n) is 39.6. The summed E-state index contributed by atoms with van der Waals surface area (Å²) in [7, 11) is -7.49. The van der Waals surface area contributed by atoms with Crippen molar-refractivity contribution in [1.29, 1.82) is 31.6 Å². The maximum absolute atomic E-state index is 13.9. The Kier molecular flexibility index (Phi) is 17.0. The summed E-state index contributed by atoms with van der Waals surface area (Å²) in [6.07, 6.45) is 7.23. The summed E-state index contributed by atoms with van der Waals surface area (Å²) < 4.78 is 68.6. The lowest BCUT2D eigenvalue weighted by molar-refractivity contribution is -0.148. The molecule has 70 heavy (non-hydrogen) atoms. The van der Waals surface area contributed by atoms with Crippen LogP contribution in [0.1, 0.15) is 84.0 Å². The van der Waals surface area contributed by atoms with E-state index in [1.807, 2.05) is 22.8 Å². The van der Waals surface area contributed by atoms with Crippen LogP contribution in [0.25, 0.3) is 0 Å². The molecule has 3 heterocycles. The molecule has 0 amide bonds. The molecule has 0 spiro atoms. The lowest BCUT2D eigenvalue weighted by Crippen LogP contribution is -2.33. The Balaban J connectivity index is 1.34. The molecule has 0 saturated carbocycles. The number of nitrogens with zero attached hydrogens (tertiary/aromatic N) is 9. The third-order valence-electron chi connectivity index (χ3n) is 13.8. The molecule has 6 rings (SSSR count). The summed E-state index contributed by atoms with van der Waals surface area (Å²) in [4.78, 5) is 47.6. The minimum atomic E-state index is -3.74. The van der Waals surface area contributed by atoms with Crippen molar-refractivity contribution in [3.63, 3.8) is 0 Å². The largest absolute Gasteiger partial charge is 0.461 e. The second-order valence-electron chi connectivity index (χ2n) is 18.7. The van der Waals surface area contributed by atoms with E-state index < -0.39 is 90.5 Å². The number of allylic oxidation sites excluding steroid dienone is 9. The molecular weight excluding hydrogens is 939 g/mol. The number of nitriles is 6. The minimum absolute atomic E-state index is 0.00372. The predicted molar refractivity (Wildman–Crippen MR) is 249 cm³/mol. The molecule has 0 N–H and O–H groups in total. The van der Waals surface area contributed by atoms with E-state index in [1.54, 1.807) is 12.1 Å². The number of rotatable bonds is 14. The van der Waals surface area contributed by atoms with Gasteiger partial charge in [-0.05, 0) is 86.8 Å². The molecule has 0 aromatic rings. The van der Waals surface area contributed by atoms with Crippen molar-refractivity contribution in [2.24, 2.45) is 11.8 Å². The normalized spacial score (nSPS) is 24.6. The van der Waals surface area contributed by atoms with Gasteiger partial charge in [-0.25, -0.2) is 31.2 Å². The fourth-order valence-corrected chi connectivity index (χ4v) is 11.9. The van der Waals surface area contributed by atoms with Gasteiger partial charge in [-0.15, -0.1) is 0 Å². The van der Waals surface area contributed by atoms with Crippen molar-refractivity contribution < 1.29 is 45.4 Å². The molecule has 0 aromatic heterocycles. The number of esters is 3. The molecule has 368 valence electrons. The Morgan fingerprint density at radius 1 is 0.500 bits per heavy atom. The van der Waals surface area contributed by atoms with E-state index in [1.165, 1.54) is 0 Å². The summed E-state index contributed by atoms with van der Waals surface area (Å²) in [6, 6.07) is 11.8. The summed E-state index contributed by atoms with van der Waals surface area (Å²) in [6.45, 7) is 3.41. The zero-order chi connectivity index (χ0) is 50.9. The third kappa shape index (κ3) is 11.7. The summed E-state index contributed by atoms with van der Waals surface area (Å²) in [5, 5.41) is 60.0. The zero-order valence-corrected chi connectivity index (χ0v) is 41.2. The first-order valence-corrected chi connectivity index (χ1v) is 27.2. The van der Waals surface area contributed by atoms with Gasteiger partial charge < -0.3 is 28.9 Å². The number of carbonyl (C=O) groups excluding carboxylic acids is 3. The molecule has 3 aliphatic carbocycles. The monoisotopic (exact) mass is 993 g/mol. The predicted octanol–water partition coefficient (Wildman–Crippen LogP) is 4.16. The maximum Gasteiger partial charge on any atom is 0.349 e. The number of hydrogen-bond acceptors (Lipinski definition) is 19. The maximum atomic E-state index is 13.9. The van der Waals surface area contributed by atoms with Gasteiger partial charge in [-0.3, -0.25) is 0 Å². The highest BCUT2D eigenvalue weighted by atomic mass is 32.2. The number of ether oxygens (including phenoxy) is 3. The standard InChI is InChI=1S/C49H55N9O10S2/c1-31-16-35(38(22-50)44(17-31)56-10-4-5-11-56)41(25-53)47(59)66-28-32(29-67-48(60)42(26-54)36-18-33(69(2,62)63)20-45(39(36)23-51)57-12-6-7-13-57)30-68-49(61)43(27-55)37-19-34(70(3,64)65)21-46(40(37)24-52)58-14-8-9-15-58/h31-34H,4-21,28-30H2,1-3H3/b41-35+,42-36+,43-37+. The van der Waals surface area contributed by atoms with Gasteiger partial charge in [0.1, 0.15) is 73.0 Å². The van der Waals surface area contributed by atoms with Crippen molar-refractivity contribution in [3.05, 3.63) is 67.2 Å². The first-order chi connectivity index (χ1) is 33.4. The quantitative estimate of drug-likeness (QED) is 0.102. The topological polar surface area (TPSA) is 300 Å². The Labute approximate surface area is 409 Å². The van der Waals surface area contributed by atoms with Crippen molar-refractivity contribution >= 4 is 37.6 Å². The van der Waals surface area contributed by atoms with Gasteiger partial charge in [0.2, 0.25) is 0 Å². The van der Waals surface area contributed by atoms with Gasteiger partial charge >= 0.3 is 17.9 Å². The van der Waals surface area contributed by atoms with Gasteiger partial charge in [0.15, 0.2) is 19.7 Å². The summed E-state index contributed by atoms with van der Waals surface area (Å²) >= 11 is 0. The fourth-order valence-electron chi connectivity index (χ4n) is 10.1. The van der Waals surface area contributed by atoms with Crippen LogP contribution in [0.5, 0.6) is 0 Å². The molecule has 3 fully saturated rings. The Bertz CT molecular complexity index is 2730. The second-order valence-corrected chi connectivity index (χ2v) is 23.3. The molecule has 0 radical (unpaired) electrons. The van der Waals surface area contributed by atoms with E-state index in [9.17, 15) is 62.8 Å². The number of carbonyl (C=O) groups is 3. The van der Waals surface area contributed by atoms with Crippen LogP contribution in [-0.4, -0.2) is 132 Å². The average molecular weight is 994 g/mol. The lowest BCUT2D eigenvalue weighted by Gasteiger charge is -2.32. The third-order valence-corrected chi connectivity index (χ3v) is 16.9. The molecule has 3 unspecified atom stereocenters. The Morgan fingerprint density at radius 2 is 0.786 bits per heavy atom. The molecule has 3 atom stereocenters. The van der Waals surface area contributed by atoms with E-state index in [2.05, 4.69) is 23.1 Å². The van der Waals surface area contributed by atoms with E-state index in [0.29, 0.717) is 44.0 Å². The van der Waals surface area contributed by atoms with Gasteiger partial charge in [0, 0.05) is 81.7 Å². The summed E-state index contributed by atoms with van der Waals surface area (Å²) in [5.41, 5.74) is -0.00690. The van der Waals surface area contributed by atoms with Gasteiger partial charge in [-0.1, -0.05) is 6.92 Å². The minimum Gasteiger partial charge on any atom is -0.461 e. The van der Waals surface area contributed by atoms with Crippen LogP contribution in [0.3, 0.4) is 0 Å². The fraction of sp³-hybridized carbons (Fsp3) is 0.571. The van der Waals surface area contributed by atoms with E-state index in [4.69, 9.17) is 14.2 Å². The van der Waals surface area contributed by atoms with Crippen molar-refractivity contribution in [2.75, 3.05) is 71.6 Å². The molecule has 3 saturated heterocycles. The number of likely N-dealkylation sites (tertiary alicyclic amines) is 3. The van der Waals surface area contributed by atoms with Crippen molar-refractivity contribution in [1.82, 2.24) is 14.7 Å². The number of hydrogen-bond donors (Lipinski definition) is 0. The van der Waals surface area contributed by atoms with E-state index in [-0.39, 0.29) is 71.5 Å². The van der Waals surface area contributed by atoms with Crippen LogP contribution in [0.2, 0.25) is 0 Å². The van der Waals surface area contributed by atoms with Gasteiger partial charge in [0.25, 0.3) is 0 Å². The molecule has 6 aliphatic rings. The molecule has 0 bridgehead atoms. The van der Waals surface area contributed by atoms with E-state index in [0.717, 1.165) is 69.8 Å². The van der Waals surface area contributed by atoms with Crippen LogP contribution in [0.4, 0.5) is 0 Å². The van der Waals surface area contributed by atoms with E-state index >= 15 is 0 Å². The smallest absolute Gasteiger partial charge is 0.349 e. The summed E-state index contributed by atoms with van der Waals surface area (Å²) in [5.74, 6) is -4.94. The molecular formula is C49H55N9O10S2. The van der Waals surface area contributed by atoms with Crippen molar-refractivity contribution in [3.8, 4) is 36.4 Å². The molecule has 3 aliphatic heterocycles. The molecule has 21 heteroatoms. The molecule has 19 nitrogen and oxygen atoms in total. The van der Waals surface area contributed by atoms with Gasteiger partial charge in [0.05, 0.1) is 33.1 Å². The first-order valence-electron chi connectivity index (χ1n) is 23.3. The Hall–Kier alpha value is -6.91. The van der Waals surface area contributed by atoms with Crippen LogP contribution >= 0.6 is 0 Å². The van der Waals surface area contributed by atoms with Crippen molar-refractivity contribution in [2.45, 2.75) is 94.5 Å². The number of sulfone groups is 2. The highest BCUT2D eigenvalue weighted by molar-refractivity contribution is 7.91. The average Bonchev–Trinajstić information content (AvgIpc) is 4.17. The highest BCUT2D eigenvalue weighted by Gasteiger charge is 2.40. The lowest BCUT2D eigenvalue weighted by atomic mass is 9.82. The Morgan fingerprint density at radius 3 is 1.06 bits per heavy atom. The van der Waals surface area contributed by atoms with Crippen LogP contribution in [-0.2, 0) is 48.3 Å². The van der Waals surface area contributed by atoms with Crippen LogP contribution in [0, 0.1) is 79.8 Å². The van der Waals surface area contributed by atoms with Crippen LogP contribution in [0.15, 0.2) is 67.2 Å². The van der Waals surface area contributed by atoms with Gasteiger partial charge in [-0.2, -0.15) is 31.6 Å². The first kappa shape index (κ1) is 52.5. The SMILES string of the molecule is CC1CC(N2CCCC2)=C(C#N)/C(=C(\C#N)C(=O)OCC(COC(=O)/C(C#N)=C2\CC(S(C)(=O)=O)CC(N3CCCC3)=C2C#N)COC(=O)/C(C#N)=C2\CC(S(C)(=O)=O)CC(N3CCCC3)=C2C#N)C1. The highest BCUT2D eigenvalue weighted by Crippen LogP contribution is 2.41. The molecule has 0 aromatic carbocycles. The van der Waals surface area contributed by atoms with Crippen LogP contribution < -0.4 is 0 Å². The second kappa shape index (κ2) is 22.7.